The average molecular weight is 378 g/mol. The van der Waals surface area contributed by atoms with E-state index in [-0.39, 0.29) is 35.6 Å². The van der Waals surface area contributed by atoms with Crippen LogP contribution in [0.5, 0.6) is 0 Å². The molecule has 1 amide bonds. The number of hydrogen-bond acceptors (Lipinski definition) is 3. The molecule has 2 atom stereocenters. The van der Waals surface area contributed by atoms with E-state index in [1.165, 1.54) is 19.1 Å². The Morgan fingerprint density at radius 3 is 2.89 bits per heavy atom. The summed E-state index contributed by atoms with van der Waals surface area (Å²) in [5.74, 6) is -3.12. The molecule has 1 aliphatic carbocycles. The number of amides is 1. The van der Waals surface area contributed by atoms with Crippen LogP contribution in [-0.4, -0.2) is 58.8 Å². The van der Waals surface area contributed by atoms with Crippen LogP contribution >= 0.6 is 0 Å². The maximum atomic E-state index is 13.8. The third-order valence-corrected chi connectivity index (χ3v) is 5.29. The number of benzene rings is 1. The van der Waals surface area contributed by atoms with Crippen LogP contribution < -0.4 is 0 Å². The molecule has 27 heavy (non-hydrogen) atoms. The molecule has 5 heteroatoms. The quantitative estimate of drug-likeness (QED) is 0.826. The molecule has 1 aromatic heterocycles. The summed E-state index contributed by atoms with van der Waals surface area (Å²) in [6, 6.07) is 2.67. The van der Waals surface area contributed by atoms with Crippen LogP contribution in [0, 0.1) is 5.92 Å². The summed E-state index contributed by atoms with van der Waals surface area (Å²) < 4.78 is 96.3. The molecule has 1 aromatic carbocycles. The predicted octanol–water partition coefficient (Wildman–Crippen LogP) is 3.04. The van der Waals surface area contributed by atoms with Crippen LogP contribution in [0.2, 0.25) is 0 Å². The Hall–Kier alpha value is -2.40. The molecular formula is C22H27N3O2. The van der Waals surface area contributed by atoms with E-state index in [0.29, 0.717) is 22.1 Å². The first kappa shape index (κ1) is 8.74. The first-order valence-corrected chi connectivity index (χ1v) is 8.55. The maximum Gasteiger partial charge on any atom is 0.230 e. The van der Waals surface area contributed by atoms with Crippen molar-refractivity contribution in [2.24, 2.45) is 5.92 Å². The fraction of sp³-hybridized carbons (Fsp3) is 0.455. The van der Waals surface area contributed by atoms with E-state index in [0.717, 1.165) is 4.57 Å². The summed E-state index contributed by atoms with van der Waals surface area (Å²) in [7, 11) is 1.64. The highest BCUT2D eigenvalue weighted by molar-refractivity contribution is 6.03. The van der Waals surface area contributed by atoms with E-state index in [1.54, 1.807) is 18.0 Å². The van der Waals surface area contributed by atoms with Crippen molar-refractivity contribution in [3.63, 3.8) is 0 Å². The molecule has 2 aromatic rings. The lowest BCUT2D eigenvalue weighted by molar-refractivity contribution is -0.134. The highest BCUT2D eigenvalue weighted by Gasteiger charge is 2.37. The number of carbonyl (C=O) groups is 2. The zero-order valence-electron chi connectivity index (χ0n) is 27.0. The van der Waals surface area contributed by atoms with E-state index < -0.39 is 50.5 Å². The molecule has 0 bridgehead atoms. The number of nitrogens with zero attached hydrogens (tertiary/aromatic N) is 3. The van der Waals surface area contributed by atoms with Gasteiger partial charge in [-0.2, -0.15) is 0 Å². The van der Waals surface area contributed by atoms with Crippen molar-refractivity contribution in [3.8, 4) is 0 Å². The summed E-state index contributed by atoms with van der Waals surface area (Å²) in [5, 5.41) is 0.485. The Balaban J connectivity index is 1.92. The Labute approximate surface area is 177 Å². The first-order valence-electron chi connectivity index (χ1n) is 14.6. The van der Waals surface area contributed by atoms with Crippen LogP contribution in [0.3, 0.4) is 0 Å². The normalized spacial score (nSPS) is 30.2. The van der Waals surface area contributed by atoms with Gasteiger partial charge in [-0.05, 0) is 49.9 Å². The molecule has 0 saturated carbocycles. The number of hydrogen-bond donors (Lipinski definition) is 0. The van der Waals surface area contributed by atoms with Gasteiger partial charge in [0, 0.05) is 57.8 Å². The molecule has 142 valence electrons. The first-order chi connectivity index (χ1) is 17.6. The zero-order valence-corrected chi connectivity index (χ0v) is 15.0. The van der Waals surface area contributed by atoms with Crippen molar-refractivity contribution in [2.45, 2.75) is 33.1 Å². The number of likely N-dealkylation sites (N-methyl/N-ethyl adjacent to an activating group) is 1. The number of fused-ring (bicyclic) bond motifs is 2. The molecule has 0 unspecified atom stereocenters. The molecule has 0 saturated heterocycles. The minimum atomic E-state index is -3.66. The number of rotatable bonds is 3. The second-order valence-electron chi connectivity index (χ2n) is 6.84. The van der Waals surface area contributed by atoms with Crippen molar-refractivity contribution in [2.75, 3.05) is 26.6 Å². The van der Waals surface area contributed by atoms with Crippen molar-refractivity contribution in [1.82, 2.24) is 14.4 Å². The van der Waals surface area contributed by atoms with Crippen LogP contribution in [0.1, 0.15) is 53.0 Å². The van der Waals surface area contributed by atoms with Gasteiger partial charge in [-0.3, -0.25) is 19.1 Å². The summed E-state index contributed by atoms with van der Waals surface area (Å²) in [4.78, 5) is 27.5. The van der Waals surface area contributed by atoms with Crippen molar-refractivity contribution in [1.29, 1.82) is 0 Å². The fourth-order valence-corrected chi connectivity index (χ4v) is 4.08. The van der Waals surface area contributed by atoms with E-state index in [2.05, 4.69) is 0 Å². The second-order valence-corrected chi connectivity index (χ2v) is 6.84. The van der Waals surface area contributed by atoms with Crippen LogP contribution in [-0.2, 0) is 11.2 Å². The lowest BCUT2D eigenvalue weighted by atomic mass is 9.79. The monoisotopic (exact) mass is 377 g/mol. The lowest BCUT2D eigenvalue weighted by Crippen LogP contribution is -2.47. The third-order valence-electron chi connectivity index (χ3n) is 5.29. The highest BCUT2D eigenvalue weighted by Crippen LogP contribution is 2.41. The van der Waals surface area contributed by atoms with Gasteiger partial charge in [0.2, 0.25) is 11.8 Å². The van der Waals surface area contributed by atoms with Crippen LogP contribution in [0.25, 0.3) is 16.5 Å². The predicted molar refractivity (Wildman–Crippen MR) is 108 cm³/mol. The average Bonchev–Trinajstić information content (AvgIpc) is 3.07. The molecule has 5 nitrogen and oxygen atoms in total. The van der Waals surface area contributed by atoms with Crippen molar-refractivity contribution in [3.05, 3.63) is 41.6 Å². The van der Waals surface area contributed by atoms with Gasteiger partial charge in [0.15, 0.2) is 0 Å². The second kappa shape index (κ2) is 6.64. The van der Waals surface area contributed by atoms with Gasteiger partial charge in [0.25, 0.3) is 0 Å². The minimum absolute atomic E-state index is 0.0162. The molecular weight excluding hydrogens is 338 g/mol. The minimum Gasteiger partial charge on any atom is -0.343 e. The molecule has 1 aliphatic heterocycles. The van der Waals surface area contributed by atoms with Crippen LogP contribution in [0.4, 0.5) is 0 Å². The summed E-state index contributed by atoms with van der Waals surface area (Å²) >= 11 is 0. The summed E-state index contributed by atoms with van der Waals surface area (Å²) in [6.45, 7) is -13.3. The number of carbonyl (C=O) groups excluding carboxylic acids is 2. The molecule has 0 fully saturated rings. The molecule has 0 N–H and O–H groups in total. The van der Waals surface area contributed by atoms with E-state index in [9.17, 15) is 9.59 Å². The molecule has 2 aliphatic rings. The van der Waals surface area contributed by atoms with Crippen LogP contribution in [0.15, 0.2) is 30.4 Å². The largest absolute Gasteiger partial charge is 0.343 e. The lowest BCUT2D eigenvalue weighted by Gasteiger charge is -2.40. The van der Waals surface area contributed by atoms with Gasteiger partial charge < -0.3 is 4.90 Å². The highest BCUT2D eigenvalue weighted by atomic mass is 16.2. The van der Waals surface area contributed by atoms with Crippen molar-refractivity contribution >= 4 is 28.3 Å². The Morgan fingerprint density at radius 1 is 1.41 bits per heavy atom. The van der Waals surface area contributed by atoms with E-state index >= 15 is 0 Å². The smallest absolute Gasteiger partial charge is 0.230 e. The summed E-state index contributed by atoms with van der Waals surface area (Å²) in [6.07, 6.45) is 1.65. The molecule has 2 heterocycles. The SMILES string of the molecule is [2H]c1ccc2c3c(c([2H])n(C(C)=O)c13)C[C@@H]1C2=C[C@@H](C(=O)N(C([2H])([2H])C([2H])([2H])[2H])C([2H])([2H])C([2H])([2H])[2H])CN1C. The van der Waals surface area contributed by atoms with E-state index in [1.807, 2.05) is 0 Å². The van der Waals surface area contributed by atoms with E-state index in [4.69, 9.17) is 16.4 Å². The van der Waals surface area contributed by atoms with Gasteiger partial charge >= 0.3 is 0 Å². The fourth-order valence-electron chi connectivity index (χ4n) is 4.08. The Bertz CT molecular complexity index is 1380. The van der Waals surface area contributed by atoms with Gasteiger partial charge in [-0.15, -0.1) is 0 Å². The van der Waals surface area contributed by atoms with Gasteiger partial charge in [0.1, 0.15) is 0 Å². The third kappa shape index (κ3) is 2.72. The topological polar surface area (TPSA) is 45.6 Å². The summed E-state index contributed by atoms with van der Waals surface area (Å²) in [5.41, 5.74) is 1.83. The van der Waals surface area contributed by atoms with Gasteiger partial charge in [-0.1, -0.05) is 18.2 Å². The Morgan fingerprint density at radius 2 is 2.19 bits per heavy atom. The maximum absolute atomic E-state index is 13.8. The molecule has 0 spiro atoms. The number of aromatic nitrogens is 1. The molecule has 0 radical (unpaired) electrons. The van der Waals surface area contributed by atoms with Gasteiger partial charge in [-0.25, -0.2) is 0 Å². The zero-order chi connectivity index (χ0) is 29.6. The standard InChI is InChI=1S/C22H27N3O2/c1-5-24(6-2)22(27)16-10-18-17-8-7-9-19-21(17)15(13-25(19)14(3)26)11-20(18)23(4)12-16/h7-10,13,16,20H,5-6,11-12H2,1-4H3/t16-,20-/m1/s1/i1D3,2D3,5D2,6D2,9D,13D. The van der Waals surface area contributed by atoms with Gasteiger partial charge in [0.05, 0.1) is 14.2 Å². The Kier molecular flexibility index (Phi) is 2.15. The molecule has 4 rings (SSSR count). The van der Waals surface area contributed by atoms with Crippen molar-refractivity contribution < 1.29 is 26.0 Å².